The maximum absolute atomic E-state index is 5.01. The molecule has 0 aromatic heterocycles. The molecule has 0 aliphatic heterocycles. The minimum absolute atomic E-state index is 2.94. The monoisotopic (exact) mass is 223 g/mol. The van der Waals surface area contributed by atoms with Crippen molar-refractivity contribution in [2.45, 2.75) is 0 Å². The third-order valence-corrected chi connectivity index (χ3v) is 0. The average Bonchev–Trinajstić information content (AvgIpc) is 0.722. The molecule has 1 nitrogen and oxygen atoms in total. The summed E-state index contributed by atoms with van der Waals surface area (Å²) in [5, 5.41) is 0. The van der Waals surface area contributed by atoms with Gasteiger partial charge in [0.1, 0.15) is 0 Å². The Balaban J connectivity index is 3.02. The fourth-order valence-electron chi connectivity index (χ4n) is 0. The summed E-state index contributed by atoms with van der Waals surface area (Å²) in [6.07, 6.45) is 0. The van der Waals surface area contributed by atoms with E-state index in [1.807, 2.05) is 0 Å². The van der Waals surface area contributed by atoms with Crippen molar-refractivity contribution in [2.24, 2.45) is 4.48 Å². The van der Waals surface area contributed by atoms with Gasteiger partial charge in [0.05, 0.1) is 0 Å². The molecule has 0 amide bonds. The van der Waals surface area contributed by atoms with Crippen molar-refractivity contribution >= 4 is 29.1 Å². The third kappa shape index (κ3) is 30.8. The molecule has 0 atom stereocenters. The summed E-state index contributed by atoms with van der Waals surface area (Å²) in [6, 6.07) is 0. The average molecular weight is 223 g/mol. The van der Waals surface area contributed by atoms with Crippen LogP contribution in [-0.4, -0.2) is 0 Å². The Morgan fingerprint density at radius 3 is 1.20 bits per heavy atom. The van der Waals surface area contributed by atoms with Crippen molar-refractivity contribution < 1.29 is 12.0 Å². The molecule has 0 aliphatic rings. The second-order valence-corrected chi connectivity index (χ2v) is 12.2. The van der Waals surface area contributed by atoms with Gasteiger partial charge in [-0.05, 0) is 0 Å². The number of hydrogen-bond acceptors (Lipinski definition) is 1. The number of rotatable bonds is 0. The van der Waals surface area contributed by atoms with E-state index < -0.39 is 12.0 Å². The molecular formula is H2Cl3NRu. The van der Waals surface area contributed by atoms with Gasteiger partial charge in [-0.1, -0.05) is 0 Å². The van der Waals surface area contributed by atoms with E-state index in [2.05, 4.69) is 0 Å². The van der Waals surface area contributed by atoms with Gasteiger partial charge in [0.2, 0.25) is 0 Å². The van der Waals surface area contributed by atoms with Crippen molar-refractivity contribution in [3.8, 4) is 0 Å². The molecule has 0 rings (SSSR count). The van der Waals surface area contributed by atoms with Gasteiger partial charge in [0, 0.05) is 0 Å². The van der Waals surface area contributed by atoms with Crippen molar-refractivity contribution in [3.05, 3.63) is 0 Å². The van der Waals surface area contributed by atoms with E-state index in [0.29, 0.717) is 0 Å². The molecule has 2 N–H and O–H groups in total. The van der Waals surface area contributed by atoms with Crippen LogP contribution in [0.25, 0.3) is 0 Å². The Kier molecular flexibility index (Phi) is 2.51. The number of hydrogen-bond donors (Lipinski definition) is 1. The fraction of sp³-hybridized carbons (Fsp3) is 0. The summed E-state index contributed by atoms with van der Waals surface area (Å²) < 4.78 is 4.82. The van der Waals surface area contributed by atoms with Crippen LogP contribution >= 0.6 is 29.1 Å². The van der Waals surface area contributed by atoms with Gasteiger partial charge < -0.3 is 0 Å². The molecule has 0 aromatic carbocycles. The van der Waals surface area contributed by atoms with E-state index in [1.54, 1.807) is 0 Å². The van der Waals surface area contributed by atoms with Crippen LogP contribution in [0.2, 0.25) is 0 Å². The molecule has 0 aliphatic carbocycles. The SMILES string of the molecule is [NH2][Ru]([Cl])([Cl])[Cl]. The Morgan fingerprint density at radius 1 is 1.20 bits per heavy atom. The third-order valence-electron chi connectivity index (χ3n) is 0. The van der Waals surface area contributed by atoms with Crippen LogP contribution in [0.1, 0.15) is 0 Å². The Hall–Kier alpha value is 1.45. The maximum atomic E-state index is 5.01. The summed E-state index contributed by atoms with van der Waals surface area (Å²) in [6.45, 7) is 0. The zero-order valence-electron chi connectivity index (χ0n) is 2.06. The van der Waals surface area contributed by atoms with Gasteiger partial charge in [-0.3, -0.25) is 0 Å². The molecule has 5 heteroatoms. The van der Waals surface area contributed by atoms with Crippen LogP contribution in [0.5, 0.6) is 0 Å². The van der Waals surface area contributed by atoms with Crippen LogP contribution in [0.4, 0.5) is 0 Å². The van der Waals surface area contributed by atoms with E-state index >= 15 is 0 Å². The van der Waals surface area contributed by atoms with E-state index in [1.165, 1.54) is 0 Å². The van der Waals surface area contributed by atoms with Gasteiger partial charge in [-0.2, -0.15) is 0 Å². The van der Waals surface area contributed by atoms with Crippen LogP contribution < -0.4 is 4.48 Å². The van der Waals surface area contributed by atoms with Gasteiger partial charge in [0.15, 0.2) is 0 Å². The first kappa shape index (κ1) is 6.45. The molecule has 0 spiro atoms. The van der Waals surface area contributed by atoms with Crippen LogP contribution in [0.3, 0.4) is 0 Å². The van der Waals surface area contributed by atoms with E-state index in [4.69, 9.17) is 33.5 Å². The predicted molar refractivity (Wildman–Crippen MR) is 21.7 cm³/mol. The van der Waals surface area contributed by atoms with Crippen molar-refractivity contribution in [1.29, 1.82) is 0 Å². The molecule has 0 bridgehead atoms. The van der Waals surface area contributed by atoms with Crippen molar-refractivity contribution in [3.63, 3.8) is 0 Å². The molecule has 36 valence electrons. The zero-order valence-corrected chi connectivity index (χ0v) is 6.07. The summed E-state index contributed by atoms with van der Waals surface area (Å²) in [4.78, 5) is 0. The molecule has 0 unspecified atom stereocenters. The Labute approximate surface area is 45.6 Å². The normalized spacial score (nSPS) is 15.2. The van der Waals surface area contributed by atoms with Crippen molar-refractivity contribution in [2.75, 3.05) is 0 Å². The second kappa shape index (κ2) is 1.95. The predicted octanol–water partition coefficient (Wildman–Crippen LogP) is 1.48. The topological polar surface area (TPSA) is 26.0 Å². The van der Waals surface area contributed by atoms with E-state index in [-0.39, 0.29) is 0 Å². The van der Waals surface area contributed by atoms with Gasteiger partial charge >= 0.3 is 45.6 Å². The van der Waals surface area contributed by atoms with Gasteiger partial charge in [0.25, 0.3) is 0 Å². The summed E-state index contributed by atoms with van der Waals surface area (Å²) in [7, 11) is 15.0. The molecular weight excluding hydrogens is 221 g/mol. The minimum atomic E-state index is -2.94. The quantitative estimate of drug-likeness (QED) is 0.619. The summed E-state index contributed by atoms with van der Waals surface area (Å²) >= 11 is -2.94. The Bertz CT molecular complexity index is 22.4. The van der Waals surface area contributed by atoms with Crippen LogP contribution in [0.15, 0.2) is 0 Å². The first-order valence-corrected chi connectivity index (χ1v) is 8.32. The first-order valence-electron chi connectivity index (χ1n) is 0.605. The zero-order chi connectivity index (χ0) is 4.50. The standard InChI is InChI=1S/3ClH.H2N.Ru/h3*1H;1H2;/q;;;-1;+4/p-3. The molecule has 0 saturated carbocycles. The number of halogens is 3. The molecule has 0 heterocycles. The van der Waals surface area contributed by atoms with Crippen LogP contribution in [-0.2, 0) is 12.0 Å². The van der Waals surface area contributed by atoms with Crippen LogP contribution in [0, 0.1) is 0 Å². The summed E-state index contributed by atoms with van der Waals surface area (Å²) in [5.74, 6) is 0. The second-order valence-electron chi connectivity index (χ2n) is 0.383. The molecule has 0 saturated heterocycles. The van der Waals surface area contributed by atoms with Gasteiger partial charge in [-0.15, -0.1) is 0 Å². The van der Waals surface area contributed by atoms with Gasteiger partial charge in [-0.25, -0.2) is 0 Å². The molecule has 5 heavy (non-hydrogen) atoms. The molecule has 0 radical (unpaired) electrons. The van der Waals surface area contributed by atoms with Crippen molar-refractivity contribution in [1.82, 2.24) is 0 Å². The summed E-state index contributed by atoms with van der Waals surface area (Å²) in [5.41, 5.74) is 0. The molecule has 0 fully saturated rings. The Morgan fingerprint density at radius 2 is 1.20 bits per heavy atom. The first-order chi connectivity index (χ1) is 2.00. The number of nitrogens with two attached hydrogens (primary N) is 1. The fourth-order valence-corrected chi connectivity index (χ4v) is 0. The van der Waals surface area contributed by atoms with E-state index in [0.717, 1.165) is 0 Å². The van der Waals surface area contributed by atoms with E-state index in [9.17, 15) is 0 Å². The molecule has 0 aromatic rings.